The van der Waals surface area contributed by atoms with Crippen LogP contribution in [0, 0.1) is 0 Å². The molecule has 82 valence electrons. The highest BCUT2D eigenvalue weighted by molar-refractivity contribution is 9.10. The molecule has 1 aromatic rings. The van der Waals surface area contributed by atoms with Gasteiger partial charge in [-0.3, -0.25) is 0 Å². The first-order valence-electron chi connectivity index (χ1n) is 4.51. The van der Waals surface area contributed by atoms with Crippen molar-refractivity contribution in [2.45, 2.75) is 19.9 Å². The van der Waals surface area contributed by atoms with Gasteiger partial charge < -0.3 is 10.6 Å². The Bertz CT molecular complexity index is 368. The molecule has 0 saturated carbocycles. The van der Waals surface area contributed by atoms with Crippen molar-refractivity contribution in [2.75, 3.05) is 5.32 Å². The molecule has 0 saturated heterocycles. The van der Waals surface area contributed by atoms with Gasteiger partial charge in [-0.1, -0.05) is 27.5 Å². The minimum atomic E-state index is 0.305. The molecule has 0 unspecified atom stereocenters. The maximum atomic E-state index is 6.03. The average Bonchev–Trinajstić information content (AvgIpc) is 2.08. The summed E-state index contributed by atoms with van der Waals surface area (Å²) in [4.78, 5) is 0. The van der Waals surface area contributed by atoms with Crippen LogP contribution in [0.3, 0.4) is 0 Å². The van der Waals surface area contributed by atoms with Crippen molar-refractivity contribution in [3.63, 3.8) is 0 Å². The predicted octanol–water partition coefficient (Wildman–Crippen LogP) is 3.80. The van der Waals surface area contributed by atoms with E-state index in [-0.39, 0.29) is 0 Å². The first-order chi connectivity index (χ1) is 6.99. The van der Waals surface area contributed by atoms with Gasteiger partial charge in [-0.2, -0.15) is 0 Å². The quantitative estimate of drug-likeness (QED) is 0.813. The molecule has 0 aromatic heterocycles. The Morgan fingerprint density at radius 3 is 2.67 bits per heavy atom. The monoisotopic (exact) mass is 306 g/mol. The lowest BCUT2D eigenvalue weighted by Gasteiger charge is -2.14. The topological polar surface area (TPSA) is 24.1 Å². The molecule has 0 bridgehead atoms. The van der Waals surface area contributed by atoms with Gasteiger partial charge in [0.05, 0.1) is 10.7 Å². The lowest BCUT2D eigenvalue weighted by molar-refractivity contribution is 0.739. The van der Waals surface area contributed by atoms with Crippen LogP contribution in [0.5, 0.6) is 0 Å². The summed E-state index contributed by atoms with van der Waals surface area (Å²) in [5.41, 5.74) is 0.804. The molecule has 0 spiro atoms. The molecular weight excluding hydrogens is 296 g/mol. The molecule has 2 nitrogen and oxygen atoms in total. The summed E-state index contributed by atoms with van der Waals surface area (Å²) in [5, 5.41) is 7.33. The van der Waals surface area contributed by atoms with Crippen LogP contribution in [-0.2, 0) is 0 Å². The summed E-state index contributed by atoms with van der Waals surface area (Å²) in [6.45, 7) is 4.05. The normalized spacial score (nSPS) is 10.2. The van der Waals surface area contributed by atoms with E-state index in [0.717, 1.165) is 10.2 Å². The number of thiocarbonyl (C=S) groups is 1. The largest absolute Gasteiger partial charge is 0.360 e. The second kappa shape index (κ2) is 5.68. The number of halogens is 2. The SMILES string of the molecule is CC(C)NC(=S)Nc1ccc(Br)cc1Cl. The van der Waals surface area contributed by atoms with E-state index < -0.39 is 0 Å². The minimum Gasteiger partial charge on any atom is -0.360 e. The van der Waals surface area contributed by atoms with Crippen molar-refractivity contribution in [3.05, 3.63) is 27.7 Å². The molecular formula is C10H12BrClN2S. The molecule has 2 N–H and O–H groups in total. The summed E-state index contributed by atoms with van der Waals surface area (Å²) in [6, 6.07) is 5.91. The molecule has 1 aromatic carbocycles. The zero-order valence-corrected chi connectivity index (χ0v) is 11.6. The van der Waals surface area contributed by atoms with Gasteiger partial charge >= 0.3 is 0 Å². The third-order valence-electron chi connectivity index (χ3n) is 1.60. The van der Waals surface area contributed by atoms with Crippen LogP contribution in [0.1, 0.15) is 13.8 Å². The molecule has 0 atom stereocenters. The number of rotatable bonds is 2. The molecule has 5 heteroatoms. The summed E-state index contributed by atoms with van der Waals surface area (Å²) in [6.07, 6.45) is 0. The summed E-state index contributed by atoms with van der Waals surface area (Å²) in [7, 11) is 0. The van der Waals surface area contributed by atoms with Crippen LogP contribution >= 0.6 is 39.7 Å². The van der Waals surface area contributed by atoms with Crippen LogP contribution in [0.2, 0.25) is 5.02 Å². The zero-order valence-electron chi connectivity index (χ0n) is 8.47. The predicted molar refractivity (Wildman–Crippen MR) is 73.6 cm³/mol. The Morgan fingerprint density at radius 2 is 2.13 bits per heavy atom. The Morgan fingerprint density at radius 1 is 1.47 bits per heavy atom. The van der Waals surface area contributed by atoms with Crippen LogP contribution in [0.4, 0.5) is 5.69 Å². The Labute approximate surface area is 109 Å². The van der Waals surface area contributed by atoms with Gasteiger partial charge in [0.25, 0.3) is 0 Å². The summed E-state index contributed by atoms with van der Waals surface area (Å²) < 4.78 is 0.945. The Kier molecular flexibility index (Phi) is 4.83. The second-order valence-electron chi connectivity index (χ2n) is 3.38. The standard InChI is InChI=1S/C10H12BrClN2S/c1-6(2)13-10(15)14-9-4-3-7(11)5-8(9)12/h3-6H,1-2H3,(H2,13,14,15). The van der Waals surface area contributed by atoms with Crippen molar-refractivity contribution in [1.82, 2.24) is 5.32 Å². The molecule has 0 aliphatic heterocycles. The second-order valence-corrected chi connectivity index (χ2v) is 5.11. The molecule has 15 heavy (non-hydrogen) atoms. The maximum absolute atomic E-state index is 6.03. The van der Waals surface area contributed by atoms with E-state index in [4.69, 9.17) is 23.8 Å². The van der Waals surface area contributed by atoms with Gasteiger partial charge in [-0.15, -0.1) is 0 Å². The lowest BCUT2D eigenvalue weighted by Crippen LogP contribution is -2.33. The number of benzene rings is 1. The molecule has 0 aliphatic carbocycles. The fraction of sp³-hybridized carbons (Fsp3) is 0.300. The van der Waals surface area contributed by atoms with E-state index in [0.29, 0.717) is 16.2 Å². The summed E-state index contributed by atoms with van der Waals surface area (Å²) in [5.74, 6) is 0. The van der Waals surface area contributed by atoms with Gasteiger partial charge in [0.2, 0.25) is 0 Å². The van der Waals surface area contributed by atoms with E-state index in [1.54, 1.807) is 0 Å². The van der Waals surface area contributed by atoms with Gasteiger partial charge in [0, 0.05) is 10.5 Å². The average molecular weight is 308 g/mol. The Hall–Kier alpha value is -0.320. The molecule has 0 radical (unpaired) electrons. The van der Waals surface area contributed by atoms with Crippen LogP contribution in [0.25, 0.3) is 0 Å². The number of hydrogen-bond donors (Lipinski definition) is 2. The number of hydrogen-bond acceptors (Lipinski definition) is 1. The fourth-order valence-electron chi connectivity index (χ4n) is 1.01. The van der Waals surface area contributed by atoms with Crippen LogP contribution < -0.4 is 10.6 Å². The van der Waals surface area contributed by atoms with Crippen molar-refractivity contribution in [3.8, 4) is 0 Å². The van der Waals surface area contributed by atoms with E-state index in [1.165, 1.54) is 0 Å². The highest BCUT2D eigenvalue weighted by Crippen LogP contribution is 2.25. The van der Waals surface area contributed by atoms with Gasteiger partial charge in [-0.05, 0) is 44.3 Å². The fourth-order valence-corrected chi connectivity index (χ4v) is 2.08. The third-order valence-corrected chi connectivity index (χ3v) is 2.62. The zero-order chi connectivity index (χ0) is 11.4. The molecule has 0 amide bonds. The van der Waals surface area contributed by atoms with Gasteiger partial charge in [-0.25, -0.2) is 0 Å². The lowest BCUT2D eigenvalue weighted by atomic mass is 10.3. The third kappa shape index (κ3) is 4.36. The molecule has 1 rings (SSSR count). The van der Waals surface area contributed by atoms with Crippen molar-refractivity contribution in [1.29, 1.82) is 0 Å². The van der Waals surface area contributed by atoms with Crippen molar-refractivity contribution < 1.29 is 0 Å². The van der Waals surface area contributed by atoms with Crippen LogP contribution in [0.15, 0.2) is 22.7 Å². The smallest absolute Gasteiger partial charge is 0.171 e. The van der Waals surface area contributed by atoms with E-state index in [1.807, 2.05) is 32.0 Å². The van der Waals surface area contributed by atoms with Crippen molar-refractivity contribution >= 4 is 50.5 Å². The highest BCUT2D eigenvalue weighted by Gasteiger charge is 2.03. The van der Waals surface area contributed by atoms with Gasteiger partial charge in [0.1, 0.15) is 0 Å². The van der Waals surface area contributed by atoms with E-state index >= 15 is 0 Å². The summed E-state index contributed by atoms with van der Waals surface area (Å²) >= 11 is 14.5. The first-order valence-corrected chi connectivity index (χ1v) is 6.09. The van der Waals surface area contributed by atoms with E-state index in [9.17, 15) is 0 Å². The van der Waals surface area contributed by atoms with Crippen molar-refractivity contribution in [2.24, 2.45) is 0 Å². The Balaban J connectivity index is 2.68. The van der Waals surface area contributed by atoms with Gasteiger partial charge in [0.15, 0.2) is 5.11 Å². The highest BCUT2D eigenvalue weighted by atomic mass is 79.9. The first kappa shape index (κ1) is 12.7. The van der Waals surface area contributed by atoms with E-state index in [2.05, 4.69) is 26.6 Å². The molecule has 0 aliphatic rings. The maximum Gasteiger partial charge on any atom is 0.171 e. The molecule has 0 fully saturated rings. The number of nitrogens with one attached hydrogen (secondary N) is 2. The minimum absolute atomic E-state index is 0.305. The van der Waals surface area contributed by atoms with Crippen LogP contribution in [-0.4, -0.2) is 11.2 Å². The number of anilines is 1. The molecule has 0 heterocycles.